The number of hydrogen-bond donors (Lipinski definition) is 0. The first-order valence-electron chi connectivity index (χ1n) is 9.05. The summed E-state index contributed by atoms with van der Waals surface area (Å²) in [4.78, 5) is 16.7. The number of hydrogen-bond acceptors (Lipinski definition) is 3. The monoisotopic (exact) mass is 393 g/mol. The molecule has 1 atom stereocenters. The summed E-state index contributed by atoms with van der Waals surface area (Å²) in [6, 6.07) is 6.05. The lowest BCUT2D eigenvalue weighted by atomic mass is 9.91. The van der Waals surface area contributed by atoms with Crippen molar-refractivity contribution in [3.8, 4) is 0 Å². The number of nitrogens with zero attached hydrogens (tertiary/aromatic N) is 1. The van der Waals surface area contributed by atoms with Crippen LogP contribution >= 0.6 is 24.4 Å². The number of rotatable bonds is 3. The van der Waals surface area contributed by atoms with Crippen molar-refractivity contribution in [1.82, 2.24) is 0 Å². The van der Waals surface area contributed by atoms with Gasteiger partial charge in [-0.25, -0.2) is 0 Å². The number of aryl methyl sites for hydroxylation is 2. The molecule has 1 amide bonds. The second-order valence-electron chi connectivity index (χ2n) is 7.09. The standard InChI is InChI=1S/C23H23NOS2/c1-14-9-11-18(13-16(14)3)24(20-12-10-15(2)17(4)22(20)27)23(25)19-7-5-6-8-21(19)26/h5-7,9-13,17H,8H2,1-4H3. The van der Waals surface area contributed by atoms with Gasteiger partial charge in [-0.1, -0.05) is 61.2 Å². The van der Waals surface area contributed by atoms with Crippen molar-refractivity contribution in [3.05, 3.63) is 76.5 Å². The predicted molar refractivity (Wildman–Crippen MR) is 121 cm³/mol. The number of carbonyl (C=O) groups is 1. The van der Waals surface area contributed by atoms with Gasteiger partial charge in [0.1, 0.15) is 0 Å². The van der Waals surface area contributed by atoms with Crippen LogP contribution in [0.25, 0.3) is 0 Å². The summed E-state index contributed by atoms with van der Waals surface area (Å²) in [5, 5.41) is 0. The Balaban J connectivity index is 2.15. The average Bonchev–Trinajstić information content (AvgIpc) is 2.65. The lowest BCUT2D eigenvalue weighted by Crippen LogP contribution is -2.38. The Kier molecular flexibility index (Phi) is 5.68. The van der Waals surface area contributed by atoms with Crippen LogP contribution in [-0.4, -0.2) is 15.6 Å². The van der Waals surface area contributed by atoms with Gasteiger partial charge in [0.2, 0.25) is 0 Å². The molecule has 1 unspecified atom stereocenters. The van der Waals surface area contributed by atoms with E-state index in [0.29, 0.717) is 16.9 Å². The summed E-state index contributed by atoms with van der Waals surface area (Å²) in [6.07, 6.45) is 10.3. The zero-order valence-electron chi connectivity index (χ0n) is 16.1. The molecule has 1 aromatic rings. The maximum absolute atomic E-state index is 13.6. The SMILES string of the molecule is CC1=CC=C(N(C(=O)C2=CC=CCC2=S)c2ccc(C)c(C)c2)C(=S)C1C. The summed E-state index contributed by atoms with van der Waals surface area (Å²) in [5.41, 5.74) is 5.66. The first kappa shape index (κ1) is 19.6. The molecule has 2 nitrogen and oxygen atoms in total. The van der Waals surface area contributed by atoms with E-state index < -0.39 is 0 Å². The van der Waals surface area contributed by atoms with Crippen molar-refractivity contribution in [3.63, 3.8) is 0 Å². The molecule has 0 spiro atoms. The Hall–Kier alpha value is -2.17. The van der Waals surface area contributed by atoms with Crippen molar-refractivity contribution in [2.75, 3.05) is 4.90 Å². The fourth-order valence-electron chi connectivity index (χ4n) is 3.13. The first-order chi connectivity index (χ1) is 12.8. The fourth-order valence-corrected chi connectivity index (χ4v) is 3.73. The highest BCUT2D eigenvalue weighted by Crippen LogP contribution is 2.31. The molecule has 2 aliphatic rings. The third kappa shape index (κ3) is 3.78. The van der Waals surface area contributed by atoms with Gasteiger partial charge in [-0.3, -0.25) is 9.69 Å². The minimum Gasteiger partial charge on any atom is -0.276 e. The molecule has 0 saturated heterocycles. The van der Waals surface area contributed by atoms with Crippen LogP contribution in [0.2, 0.25) is 0 Å². The lowest BCUT2D eigenvalue weighted by Gasteiger charge is -2.31. The fraction of sp³-hybridized carbons (Fsp3) is 0.261. The van der Waals surface area contributed by atoms with Crippen molar-refractivity contribution >= 4 is 45.8 Å². The Bertz CT molecular complexity index is 963. The molecule has 0 heterocycles. The van der Waals surface area contributed by atoms with Crippen molar-refractivity contribution in [1.29, 1.82) is 0 Å². The van der Waals surface area contributed by atoms with E-state index in [1.54, 1.807) is 11.0 Å². The average molecular weight is 394 g/mol. The third-order valence-electron chi connectivity index (χ3n) is 5.26. The van der Waals surface area contributed by atoms with Crippen LogP contribution in [0.1, 0.15) is 31.4 Å². The largest absolute Gasteiger partial charge is 0.276 e. The second kappa shape index (κ2) is 7.83. The molecule has 0 N–H and O–H groups in total. The summed E-state index contributed by atoms with van der Waals surface area (Å²) < 4.78 is 0. The van der Waals surface area contributed by atoms with Gasteiger partial charge < -0.3 is 0 Å². The van der Waals surface area contributed by atoms with Gasteiger partial charge in [0, 0.05) is 27.8 Å². The van der Waals surface area contributed by atoms with Gasteiger partial charge in [-0.15, -0.1) is 0 Å². The normalized spacial score (nSPS) is 19.4. The highest BCUT2D eigenvalue weighted by Gasteiger charge is 2.31. The van der Waals surface area contributed by atoms with Gasteiger partial charge in [-0.05, 0) is 56.2 Å². The van der Waals surface area contributed by atoms with E-state index in [1.807, 2.05) is 42.5 Å². The van der Waals surface area contributed by atoms with Crippen LogP contribution in [0.3, 0.4) is 0 Å². The van der Waals surface area contributed by atoms with Gasteiger partial charge in [0.15, 0.2) is 0 Å². The van der Waals surface area contributed by atoms with Crippen LogP contribution in [0.5, 0.6) is 0 Å². The van der Waals surface area contributed by atoms with E-state index in [4.69, 9.17) is 24.4 Å². The number of amides is 1. The van der Waals surface area contributed by atoms with Crippen molar-refractivity contribution < 1.29 is 4.79 Å². The van der Waals surface area contributed by atoms with E-state index in [9.17, 15) is 4.79 Å². The lowest BCUT2D eigenvalue weighted by molar-refractivity contribution is -0.114. The van der Waals surface area contributed by atoms with Gasteiger partial charge in [0.25, 0.3) is 5.91 Å². The van der Waals surface area contributed by atoms with E-state index in [0.717, 1.165) is 21.8 Å². The number of carbonyl (C=O) groups excluding carboxylic acids is 1. The van der Waals surface area contributed by atoms with Crippen LogP contribution in [0.4, 0.5) is 5.69 Å². The topological polar surface area (TPSA) is 20.3 Å². The van der Waals surface area contributed by atoms with Gasteiger partial charge in [-0.2, -0.15) is 0 Å². The van der Waals surface area contributed by atoms with E-state index >= 15 is 0 Å². The zero-order chi connectivity index (χ0) is 19.7. The molecule has 3 rings (SSSR count). The molecule has 0 aliphatic heterocycles. The van der Waals surface area contributed by atoms with Crippen LogP contribution in [-0.2, 0) is 4.79 Å². The molecule has 27 heavy (non-hydrogen) atoms. The predicted octanol–water partition coefficient (Wildman–Crippen LogP) is 5.74. The van der Waals surface area contributed by atoms with E-state index in [1.165, 1.54) is 11.1 Å². The Morgan fingerprint density at radius 3 is 2.48 bits per heavy atom. The smallest absolute Gasteiger partial charge is 0.264 e. The zero-order valence-corrected chi connectivity index (χ0v) is 17.7. The summed E-state index contributed by atoms with van der Waals surface area (Å²) in [6.45, 7) is 8.26. The van der Waals surface area contributed by atoms with Crippen molar-refractivity contribution in [2.45, 2.75) is 34.1 Å². The van der Waals surface area contributed by atoms with Crippen molar-refractivity contribution in [2.24, 2.45) is 5.92 Å². The first-order valence-corrected chi connectivity index (χ1v) is 9.87. The number of allylic oxidation sites excluding steroid dienone is 7. The highest BCUT2D eigenvalue weighted by atomic mass is 32.1. The maximum atomic E-state index is 13.6. The number of anilines is 1. The minimum atomic E-state index is -0.124. The summed E-state index contributed by atoms with van der Waals surface area (Å²) in [7, 11) is 0. The van der Waals surface area contributed by atoms with Gasteiger partial charge >= 0.3 is 0 Å². The Labute approximate surface area is 172 Å². The molecular weight excluding hydrogens is 370 g/mol. The second-order valence-corrected chi connectivity index (χ2v) is 8.03. The Morgan fingerprint density at radius 1 is 1.07 bits per heavy atom. The number of thiocarbonyl (C=S) groups is 2. The molecule has 4 heteroatoms. The van der Waals surface area contributed by atoms with Crippen LogP contribution in [0.15, 0.2) is 65.4 Å². The third-order valence-corrected chi connectivity index (χ3v) is 6.21. The molecule has 0 fully saturated rings. The highest BCUT2D eigenvalue weighted by molar-refractivity contribution is 7.81. The minimum absolute atomic E-state index is 0.119. The molecule has 0 bridgehead atoms. The van der Waals surface area contributed by atoms with Crippen LogP contribution < -0.4 is 4.90 Å². The quantitative estimate of drug-likeness (QED) is 0.611. The maximum Gasteiger partial charge on any atom is 0.264 e. The van der Waals surface area contributed by atoms with E-state index in [-0.39, 0.29) is 11.8 Å². The summed E-state index contributed by atoms with van der Waals surface area (Å²) in [5.74, 6) is -0.00427. The molecule has 0 radical (unpaired) electrons. The van der Waals surface area contributed by atoms with E-state index in [2.05, 4.69) is 27.7 Å². The summed E-state index contributed by atoms with van der Waals surface area (Å²) >= 11 is 11.2. The number of benzene rings is 1. The molecule has 138 valence electrons. The Morgan fingerprint density at radius 2 is 1.81 bits per heavy atom. The molecular formula is C23H23NOS2. The molecule has 0 aromatic heterocycles. The van der Waals surface area contributed by atoms with Gasteiger partial charge in [0.05, 0.1) is 11.3 Å². The molecule has 2 aliphatic carbocycles. The molecule has 1 aromatic carbocycles. The molecule has 0 saturated carbocycles. The van der Waals surface area contributed by atoms with Crippen LogP contribution in [0, 0.1) is 19.8 Å².